The van der Waals surface area contributed by atoms with E-state index in [1.807, 2.05) is 43.3 Å². The Hall–Kier alpha value is -3.65. The van der Waals surface area contributed by atoms with E-state index in [1.165, 1.54) is 4.68 Å². The highest BCUT2D eigenvalue weighted by Gasteiger charge is 2.16. The number of aryl methyl sites for hydroxylation is 2. The predicted octanol–water partition coefficient (Wildman–Crippen LogP) is 3.58. The van der Waals surface area contributed by atoms with Crippen LogP contribution in [-0.4, -0.2) is 31.9 Å². The molecule has 4 aromatic rings. The molecule has 0 aliphatic rings. The number of hydrogen-bond acceptors (Lipinski definition) is 6. The summed E-state index contributed by atoms with van der Waals surface area (Å²) >= 11 is 6.01. The Kier molecular flexibility index (Phi) is 5.73. The molecule has 0 saturated heterocycles. The van der Waals surface area contributed by atoms with Crippen molar-refractivity contribution >= 4 is 11.6 Å². The van der Waals surface area contributed by atoms with E-state index in [2.05, 4.69) is 15.4 Å². The molecule has 0 amide bonds. The third-order valence-electron chi connectivity index (χ3n) is 4.84. The molecule has 2 aromatic carbocycles. The maximum Gasteiger partial charge on any atom is 0.368 e. The Labute approximate surface area is 183 Å². The maximum atomic E-state index is 12.3. The molecule has 158 valence electrons. The van der Waals surface area contributed by atoms with Gasteiger partial charge in [0.2, 0.25) is 0 Å². The van der Waals surface area contributed by atoms with Crippen LogP contribution in [0, 0.1) is 6.92 Å². The van der Waals surface area contributed by atoms with Gasteiger partial charge in [-0.2, -0.15) is 9.36 Å². The molecule has 8 nitrogen and oxygen atoms in total. The minimum atomic E-state index is -0.357. The van der Waals surface area contributed by atoms with Gasteiger partial charge in [-0.1, -0.05) is 23.7 Å². The van der Waals surface area contributed by atoms with Crippen LogP contribution in [0.5, 0.6) is 11.5 Å². The Morgan fingerprint density at radius 1 is 1.03 bits per heavy atom. The second-order valence-electron chi connectivity index (χ2n) is 6.87. The zero-order valence-corrected chi connectivity index (χ0v) is 18.0. The van der Waals surface area contributed by atoms with Gasteiger partial charge in [0, 0.05) is 12.6 Å². The number of hydrogen-bond donors (Lipinski definition) is 0. The standard InChI is InChI=1S/C22H20ClN5O3/c1-14-12-15(17-6-4-9-21(23)24-17)10-11-19(14)31-13-16-18(7-5-8-20(16)30-3)28-22(29)27(2)25-26-28/h4-12H,13H2,1-3H3. The minimum Gasteiger partial charge on any atom is -0.496 e. The van der Waals surface area contributed by atoms with Crippen molar-refractivity contribution in [3.8, 4) is 28.4 Å². The Bertz CT molecular complexity index is 1300. The van der Waals surface area contributed by atoms with Crippen molar-refractivity contribution in [3.05, 3.63) is 81.4 Å². The van der Waals surface area contributed by atoms with E-state index in [0.717, 1.165) is 21.5 Å². The first-order valence-corrected chi connectivity index (χ1v) is 9.87. The summed E-state index contributed by atoms with van der Waals surface area (Å²) < 4.78 is 14.0. The van der Waals surface area contributed by atoms with Gasteiger partial charge in [-0.15, -0.1) is 0 Å². The van der Waals surface area contributed by atoms with Crippen LogP contribution in [-0.2, 0) is 13.7 Å². The molecule has 0 N–H and O–H groups in total. The van der Waals surface area contributed by atoms with Gasteiger partial charge in [-0.05, 0) is 65.4 Å². The number of tetrazole rings is 1. The number of nitrogens with zero attached hydrogens (tertiary/aromatic N) is 5. The highest BCUT2D eigenvalue weighted by atomic mass is 35.5. The van der Waals surface area contributed by atoms with Gasteiger partial charge in [0.15, 0.2) is 0 Å². The van der Waals surface area contributed by atoms with Crippen LogP contribution in [0.3, 0.4) is 0 Å². The highest BCUT2D eigenvalue weighted by molar-refractivity contribution is 6.29. The number of methoxy groups -OCH3 is 1. The van der Waals surface area contributed by atoms with Crippen molar-refractivity contribution in [3.63, 3.8) is 0 Å². The molecule has 4 rings (SSSR count). The van der Waals surface area contributed by atoms with Crippen LogP contribution < -0.4 is 15.2 Å². The van der Waals surface area contributed by atoms with E-state index in [4.69, 9.17) is 21.1 Å². The number of halogens is 1. The van der Waals surface area contributed by atoms with Gasteiger partial charge >= 0.3 is 5.69 Å². The average Bonchev–Trinajstić information content (AvgIpc) is 3.10. The topological polar surface area (TPSA) is 84.1 Å². The number of aromatic nitrogens is 5. The van der Waals surface area contributed by atoms with Crippen LogP contribution in [0.1, 0.15) is 11.1 Å². The summed E-state index contributed by atoms with van der Waals surface area (Å²) in [6.07, 6.45) is 0. The summed E-state index contributed by atoms with van der Waals surface area (Å²) in [5.41, 5.74) is 3.55. The molecule has 0 bridgehead atoms. The second kappa shape index (κ2) is 8.61. The van der Waals surface area contributed by atoms with Gasteiger partial charge in [0.25, 0.3) is 0 Å². The Balaban J connectivity index is 1.64. The van der Waals surface area contributed by atoms with Crippen LogP contribution >= 0.6 is 11.6 Å². The molecule has 2 aromatic heterocycles. The zero-order chi connectivity index (χ0) is 22.0. The first kappa shape index (κ1) is 20.6. The second-order valence-corrected chi connectivity index (χ2v) is 7.26. The summed E-state index contributed by atoms with van der Waals surface area (Å²) in [7, 11) is 3.11. The summed E-state index contributed by atoms with van der Waals surface area (Å²) in [5, 5.41) is 8.16. The Morgan fingerprint density at radius 3 is 2.52 bits per heavy atom. The average molecular weight is 438 g/mol. The molecule has 0 atom stereocenters. The molecule has 0 spiro atoms. The third-order valence-corrected chi connectivity index (χ3v) is 5.05. The molecule has 0 fully saturated rings. The fraction of sp³-hybridized carbons (Fsp3) is 0.182. The summed E-state index contributed by atoms with van der Waals surface area (Å²) in [6, 6.07) is 16.7. The van der Waals surface area contributed by atoms with Gasteiger partial charge in [0.1, 0.15) is 23.3 Å². The molecule has 0 radical (unpaired) electrons. The van der Waals surface area contributed by atoms with Crippen LogP contribution in [0.2, 0.25) is 5.15 Å². The predicted molar refractivity (Wildman–Crippen MR) is 117 cm³/mol. The summed E-state index contributed by atoms with van der Waals surface area (Å²) in [6.45, 7) is 2.14. The molecular weight excluding hydrogens is 418 g/mol. The lowest BCUT2D eigenvalue weighted by molar-refractivity contribution is 0.294. The first-order valence-electron chi connectivity index (χ1n) is 9.49. The van der Waals surface area contributed by atoms with Gasteiger partial charge in [-0.3, -0.25) is 0 Å². The molecular formula is C22H20ClN5O3. The fourth-order valence-corrected chi connectivity index (χ4v) is 3.41. The molecule has 0 saturated carbocycles. The van der Waals surface area contributed by atoms with Gasteiger partial charge in [0.05, 0.1) is 24.1 Å². The van der Waals surface area contributed by atoms with Crippen molar-refractivity contribution in [2.24, 2.45) is 7.05 Å². The van der Waals surface area contributed by atoms with E-state index in [1.54, 1.807) is 32.4 Å². The lowest BCUT2D eigenvalue weighted by Crippen LogP contribution is -2.23. The minimum absolute atomic E-state index is 0.179. The third kappa shape index (κ3) is 4.15. The van der Waals surface area contributed by atoms with Crippen molar-refractivity contribution in [2.45, 2.75) is 13.5 Å². The quantitative estimate of drug-likeness (QED) is 0.429. The number of pyridine rings is 1. The molecule has 31 heavy (non-hydrogen) atoms. The Morgan fingerprint density at radius 2 is 1.84 bits per heavy atom. The molecule has 2 heterocycles. The molecule has 0 aliphatic heterocycles. The van der Waals surface area contributed by atoms with Crippen molar-refractivity contribution in [1.82, 2.24) is 24.8 Å². The normalized spacial score (nSPS) is 10.8. The van der Waals surface area contributed by atoms with E-state index < -0.39 is 0 Å². The van der Waals surface area contributed by atoms with Crippen LogP contribution in [0.4, 0.5) is 0 Å². The number of ether oxygens (including phenoxy) is 2. The van der Waals surface area contributed by atoms with E-state index in [9.17, 15) is 4.79 Å². The lowest BCUT2D eigenvalue weighted by atomic mass is 10.1. The molecule has 0 unspecified atom stereocenters. The first-order chi connectivity index (χ1) is 15.0. The van der Waals surface area contributed by atoms with E-state index in [0.29, 0.717) is 27.9 Å². The SMILES string of the molecule is COc1cccc(-n2nnn(C)c2=O)c1COc1ccc(-c2cccc(Cl)n2)cc1C. The van der Waals surface area contributed by atoms with Crippen molar-refractivity contribution in [1.29, 1.82) is 0 Å². The maximum absolute atomic E-state index is 12.3. The monoisotopic (exact) mass is 437 g/mol. The molecule has 0 aliphatic carbocycles. The highest BCUT2D eigenvalue weighted by Crippen LogP contribution is 2.29. The van der Waals surface area contributed by atoms with E-state index in [-0.39, 0.29) is 12.3 Å². The van der Waals surface area contributed by atoms with E-state index >= 15 is 0 Å². The number of rotatable bonds is 6. The lowest BCUT2D eigenvalue weighted by Gasteiger charge is -2.15. The van der Waals surface area contributed by atoms with Gasteiger partial charge in [-0.25, -0.2) is 9.78 Å². The van der Waals surface area contributed by atoms with Crippen molar-refractivity contribution < 1.29 is 9.47 Å². The van der Waals surface area contributed by atoms with Crippen molar-refractivity contribution in [2.75, 3.05) is 7.11 Å². The summed E-state index contributed by atoms with van der Waals surface area (Å²) in [5.74, 6) is 1.29. The largest absolute Gasteiger partial charge is 0.496 e. The zero-order valence-electron chi connectivity index (χ0n) is 17.2. The molecule has 9 heteroatoms. The van der Waals surface area contributed by atoms with Crippen LogP contribution in [0.15, 0.2) is 59.4 Å². The smallest absolute Gasteiger partial charge is 0.368 e. The number of benzene rings is 2. The summed E-state index contributed by atoms with van der Waals surface area (Å²) in [4.78, 5) is 16.7. The van der Waals surface area contributed by atoms with Crippen LogP contribution in [0.25, 0.3) is 16.9 Å². The fourth-order valence-electron chi connectivity index (χ4n) is 3.24. The van der Waals surface area contributed by atoms with Gasteiger partial charge < -0.3 is 9.47 Å².